The number of ether oxygens (including phenoxy) is 1. The van der Waals surface area contributed by atoms with Gasteiger partial charge in [-0.3, -0.25) is 9.59 Å². The summed E-state index contributed by atoms with van der Waals surface area (Å²) in [6.45, 7) is 3.69. The third kappa shape index (κ3) is 15.3. The molecule has 0 fully saturated rings. The molecule has 0 saturated carbocycles. The van der Waals surface area contributed by atoms with Gasteiger partial charge < -0.3 is 9.84 Å². The van der Waals surface area contributed by atoms with Crippen molar-refractivity contribution in [1.82, 2.24) is 0 Å². The molecule has 0 aliphatic heterocycles. The van der Waals surface area contributed by atoms with Gasteiger partial charge in [-0.25, -0.2) is 0 Å². The molecule has 0 aliphatic rings. The maximum Gasteiger partial charge on any atom is 0.303 e. The highest BCUT2D eigenvalue weighted by Crippen LogP contribution is 2.16. The van der Waals surface area contributed by atoms with Gasteiger partial charge in [-0.1, -0.05) is 51.9 Å². The summed E-state index contributed by atoms with van der Waals surface area (Å²) in [6, 6.07) is 0. The van der Waals surface area contributed by atoms with Gasteiger partial charge in [0.25, 0.3) is 0 Å². The first kappa shape index (κ1) is 20.9. The fourth-order valence-corrected chi connectivity index (χ4v) is 2.65. The SMILES string of the molecule is CCCCCCCCC(CCCCCCC(=O)O)OC(C)=O. The van der Waals surface area contributed by atoms with Crippen molar-refractivity contribution < 1.29 is 19.4 Å². The molecule has 0 aromatic rings. The van der Waals surface area contributed by atoms with Gasteiger partial charge in [0.05, 0.1) is 0 Å². The minimum Gasteiger partial charge on any atom is -0.481 e. The number of carboxylic acids is 1. The van der Waals surface area contributed by atoms with Crippen LogP contribution in [0.4, 0.5) is 0 Å². The van der Waals surface area contributed by atoms with E-state index >= 15 is 0 Å². The van der Waals surface area contributed by atoms with E-state index in [1.54, 1.807) is 0 Å². The number of carbonyl (C=O) groups excluding carboxylic acids is 1. The first-order valence-corrected chi connectivity index (χ1v) is 8.95. The quantitative estimate of drug-likeness (QED) is 0.337. The molecule has 0 saturated heterocycles. The molecule has 1 N–H and O–H groups in total. The summed E-state index contributed by atoms with van der Waals surface area (Å²) < 4.78 is 5.39. The van der Waals surface area contributed by atoms with Crippen LogP contribution in [0.15, 0.2) is 0 Å². The standard InChI is InChI=1S/C18H34O4/c1-3-4-5-6-7-10-13-17(22-16(2)19)14-11-8-9-12-15-18(20)21/h17H,3-15H2,1-2H3,(H,20,21). The van der Waals surface area contributed by atoms with Crippen LogP contribution < -0.4 is 0 Å². The smallest absolute Gasteiger partial charge is 0.303 e. The van der Waals surface area contributed by atoms with E-state index in [0.29, 0.717) is 0 Å². The van der Waals surface area contributed by atoms with Gasteiger partial charge in [0.2, 0.25) is 0 Å². The van der Waals surface area contributed by atoms with Crippen LogP contribution >= 0.6 is 0 Å². The average Bonchev–Trinajstić information content (AvgIpc) is 2.45. The van der Waals surface area contributed by atoms with E-state index in [0.717, 1.165) is 44.9 Å². The van der Waals surface area contributed by atoms with Crippen molar-refractivity contribution >= 4 is 11.9 Å². The summed E-state index contributed by atoms with van der Waals surface area (Å²) in [5.41, 5.74) is 0. The van der Waals surface area contributed by atoms with E-state index in [2.05, 4.69) is 6.92 Å². The number of carbonyl (C=O) groups is 2. The summed E-state index contributed by atoms with van der Waals surface area (Å²) in [7, 11) is 0. The van der Waals surface area contributed by atoms with Gasteiger partial charge in [-0.05, 0) is 32.1 Å². The topological polar surface area (TPSA) is 63.6 Å². The number of rotatable bonds is 15. The third-order valence-corrected chi connectivity index (χ3v) is 3.88. The highest BCUT2D eigenvalue weighted by Gasteiger charge is 2.11. The normalized spacial score (nSPS) is 12.1. The van der Waals surface area contributed by atoms with Crippen molar-refractivity contribution in [1.29, 1.82) is 0 Å². The average molecular weight is 314 g/mol. The highest BCUT2D eigenvalue weighted by molar-refractivity contribution is 5.66. The molecule has 4 nitrogen and oxygen atoms in total. The molecule has 0 bridgehead atoms. The van der Waals surface area contributed by atoms with Crippen molar-refractivity contribution in [2.24, 2.45) is 0 Å². The van der Waals surface area contributed by atoms with Crippen LogP contribution in [0.5, 0.6) is 0 Å². The Labute approximate surface area is 135 Å². The van der Waals surface area contributed by atoms with Crippen molar-refractivity contribution in [3.05, 3.63) is 0 Å². The van der Waals surface area contributed by atoms with Crippen LogP contribution in [0.3, 0.4) is 0 Å². The summed E-state index contributed by atoms with van der Waals surface area (Å²) in [6.07, 6.45) is 13.4. The van der Waals surface area contributed by atoms with Gasteiger partial charge >= 0.3 is 11.9 Å². The van der Waals surface area contributed by atoms with Crippen LogP contribution in [0.2, 0.25) is 0 Å². The predicted molar refractivity (Wildman–Crippen MR) is 88.9 cm³/mol. The first-order chi connectivity index (χ1) is 10.6. The maximum absolute atomic E-state index is 11.2. The number of esters is 1. The molecule has 0 spiro atoms. The van der Waals surface area contributed by atoms with Gasteiger partial charge in [0, 0.05) is 13.3 Å². The van der Waals surface area contributed by atoms with Gasteiger partial charge in [0.1, 0.15) is 6.10 Å². The molecule has 0 radical (unpaired) electrons. The first-order valence-electron chi connectivity index (χ1n) is 8.95. The lowest BCUT2D eigenvalue weighted by Gasteiger charge is -2.17. The summed E-state index contributed by atoms with van der Waals surface area (Å²) in [5.74, 6) is -0.914. The zero-order valence-electron chi connectivity index (χ0n) is 14.4. The Balaban J connectivity index is 3.69. The minimum atomic E-state index is -0.721. The Morgan fingerprint density at radius 1 is 0.864 bits per heavy atom. The predicted octanol–water partition coefficient (Wildman–Crippen LogP) is 5.09. The van der Waals surface area contributed by atoms with Crippen LogP contribution in [-0.2, 0) is 14.3 Å². The molecule has 0 rings (SSSR count). The van der Waals surface area contributed by atoms with Crippen molar-refractivity contribution in [2.45, 2.75) is 103 Å². The second-order valence-electron chi connectivity index (χ2n) is 6.13. The fourth-order valence-electron chi connectivity index (χ4n) is 2.65. The lowest BCUT2D eigenvalue weighted by atomic mass is 10.0. The van der Waals surface area contributed by atoms with Crippen LogP contribution in [0.1, 0.15) is 97.3 Å². The number of unbranched alkanes of at least 4 members (excludes halogenated alkanes) is 8. The molecule has 0 aliphatic carbocycles. The Hall–Kier alpha value is -1.06. The molecule has 1 unspecified atom stereocenters. The largest absolute Gasteiger partial charge is 0.481 e. The molecular formula is C18H34O4. The molecule has 130 valence electrons. The second kappa shape index (κ2) is 14.9. The second-order valence-corrected chi connectivity index (χ2v) is 6.13. The fraction of sp³-hybridized carbons (Fsp3) is 0.889. The Morgan fingerprint density at radius 2 is 1.36 bits per heavy atom. The van der Waals surface area contributed by atoms with Crippen LogP contribution in [0.25, 0.3) is 0 Å². The van der Waals surface area contributed by atoms with Crippen LogP contribution in [0, 0.1) is 0 Å². The van der Waals surface area contributed by atoms with Crippen LogP contribution in [-0.4, -0.2) is 23.1 Å². The third-order valence-electron chi connectivity index (χ3n) is 3.88. The highest BCUT2D eigenvalue weighted by atomic mass is 16.5. The van der Waals surface area contributed by atoms with Gasteiger partial charge in [-0.15, -0.1) is 0 Å². The number of hydrogen-bond acceptors (Lipinski definition) is 3. The molecular weight excluding hydrogens is 280 g/mol. The van der Waals surface area contributed by atoms with E-state index in [4.69, 9.17) is 9.84 Å². The summed E-state index contributed by atoms with van der Waals surface area (Å²) >= 11 is 0. The molecule has 0 amide bonds. The van der Waals surface area contributed by atoms with Gasteiger partial charge in [-0.2, -0.15) is 0 Å². The van der Waals surface area contributed by atoms with E-state index in [-0.39, 0.29) is 18.5 Å². The van der Waals surface area contributed by atoms with Crippen molar-refractivity contribution in [3.8, 4) is 0 Å². The van der Waals surface area contributed by atoms with E-state index < -0.39 is 5.97 Å². The molecule has 22 heavy (non-hydrogen) atoms. The number of carboxylic acid groups (broad SMARTS) is 1. The van der Waals surface area contributed by atoms with Crippen molar-refractivity contribution in [2.75, 3.05) is 0 Å². The molecule has 1 atom stereocenters. The monoisotopic (exact) mass is 314 g/mol. The Bertz CT molecular complexity index is 289. The lowest BCUT2D eigenvalue weighted by Crippen LogP contribution is -2.16. The van der Waals surface area contributed by atoms with E-state index in [1.165, 1.54) is 39.0 Å². The zero-order valence-corrected chi connectivity index (χ0v) is 14.4. The minimum absolute atomic E-state index is 0.0446. The molecule has 0 aromatic heterocycles. The summed E-state index contributed by atoms with van der Waals surface area (Å²) in [4.78, 5) is 21.6. The molecule has 0 heterocycles. The van der Waals surface area contributed by atoms with Gasteiger partial charge in [0.15, 0.2) is 0 Å². The zero-order chi connectivity index (χ0) is 16.6. The van der Waals surface area contributed by atoms with Crippen molar-refractivity contribution in [3.63, 3.8) is 0 Å². The van der Waals surface area contributed by atoms with E-state index in [1.807, 2.05) is 0 Å². The molecule has 4 heteroatoms. The Morgan fingerprint density at radius 3 is 1.86 bits per heavy atom. The summed E-state index contributed by atoms with van der Waals surface area (Å²) in [5, 5.41) is 8.57. The molecule has 0 aromatic carbocycles. The van der Waals surface area contributed by atoms with E-state index in [9.17, 15) is 9.59 Å². The number of aliphatic carboxylic acids is 1. The maximum atomic E-state index is 11.2. The number of hydrogen-bond donors (Lipinski definition) is 1. The Kier molecular flexibility index (Phi) is 14.1. The lowest BCUT2D eigenvalue weighted by molar-refractivity contribution is -0.147.